The normalized spacial score (nSPS) is 17.9. The maximum absolute atomic E-state index is 12.0. The zero-order chi connectivity index (χ0) is 16.1. The molecule has 122 valence electrons. The molecule has 0 saturated carbocycles. The second kappa shape index (κ2) is 7.66. The number of benzene rings is 1. The Morgan fingerprint density at radius 3 is 3.00 bits per heavy atom. The van der Waals surface area contributed by atoms with Crippen LogP contribution in [-0.4, -0.2) is 19.1 Å². The Bertz CT molecular complexity index is 662. The van der Waals surface area contributed by atoms with Gasteiger partial charge in [-0.3, -0.25) is 4.79 Å². The van der Waals surface area contributed by atoms with Gasteiger partial charge in [0.2, 0.25) is 5.91 Å². The number of ether oxygens (including phenoxy) is 1. The van der Waals surface area contributed by atoms with E-state index in [0.717, 1.165) is 36.5 Å². The molecule has 0 unspecified atom stereocenters. The molecule has 0 radical (unpaired) electrons. The van der Waals surface area contributed by atoms with Gasteiger partial charge >= 0.3 is 0 Å². The molecule has 1 aromatic carbocycles. The van der Waals surface area contributed by atoms with E-state index in [-0.39, 0.29) is 5.91 Å². The van der Waals surface area contributed by atoms with E-state index in [0.29, 0.717) is 30.5 Å². The highest BCUT2D eigenvalue weighted by Crippen LogP contribution is 2.24. The van der Waals surface area contributed by atoms with Gasteiger partial charge in [0.05, 0.1) is 6.54 Å². The van der Waals surface area contributed by atoms with Crippen molar-refractivity contribution < 1.29 is 13.9 Å². The highest BCUT2D eigenvalue weighted by Gasteiger charge is 2.17. The van der Waals surface area contributed by atoms with Crippen molar-refractivity contribution in [1.29, 1.82) is 0 Å². The highest BCUT2D eigenvalue weighted by molar-refractivity contribution is 6.30. The molecule has 2 heterocycles. The van der Waals surface area contributed by atoms with Crippen molar-refractivity contribution in [3.05, 3.63) is 47.2 Å². The van der Waals surface area contributed by atoms with Crippen LogP contribution in [0.1, 0.15) is 25.0 Å². The Labute approximate surface area is 140 Å². The fourth-order valence-electron chi connectivity index (χ4n) is 2.76. The SMILES string of the molecule is O=C(C[C@H]1CCCOC1)NCc1ccc(-c2cccc(Cl)c2)o1. The van der Waals surface area contributed by atoms with Crippen molar-refractivity contribution >= 4 is 17.5 Å². The molecule has 0 spiro atoms. The highest BCUT2D eigenvalue weighted by atomic mass is 35.5. The Balaban J connectivity index is 1.52. The maximum atomic E-state index is 12.0. The van der Waals surface area contributed by atoms with Crippen LogP contribution < -0.4 is 5.32 Å². The number of hydrogen-bond acceptors (Lipinski definition) is 3. The summed E-state index contributed by atoms with van der Waals surface area (Å²) in [5.41, 5.74) is 0.925. The number of halogens is 1. The minimum atomic E-state index is 0.0428. The second-order valence-electron chi connectivity index (χ2n) is 5.84. The van der Waals surface area contributed by atoms with Gasteiger partial charge in [0.25, 0.3) is 0 Å². The summed E-state index contributed by atoms with van der Waals surface area (Å²) in [6.07, 6.45) is 2.62. The topological polar surface area (TPSA) is 51.5 Å². The van der Waals surface area contributed by atoms with Gasteiger partial charge in [-0.25, -0.2) is 0 Å². The van der Waals surface area contributed by atoms with E-state index < -0.39 is 0 Å². The molecule has 0 bridgehead atoms. The van der Waals surface area contributed by atoms with E-state index in [2.05, 4.69) is 5.32 Å². The summed E-state index contributed by atoms with van der Waals surface area (Å²) in [5.74, 6) is 1.86. The molecule has 5 heteroatoms. The lowest BCUT2D eigenvalue weighted by Crippen LogP contribution is -2.28. The minimum absolute atomic E-state index is 0.0428. The predicted molar refractivity (Wildman–Crippen MR) is 89.2 cm³/mol. The van der Waals surface area contributed by atoms with Gasteiger partial charge in [-0.15, -0.1) is 0 Å². The Morgan fingerprint density at radius 1 is 1.30 bits per heavy atom. The van der Waals surface area contributed by atoms with Crippen molar-refractivity contribution in [2.75, 3.05) is 13.2 Å². The van der Waals surface area contributed by atoms with E-state index in [1.165, 1.54) is 0 Å². The van der Waals surface area contributed by atoms with Crippen molar-refractivity contribution in [2.24, 2.45) is 5.92 Å². The first-order valence-electron chi connectivity index (χ1n) is 7.90. The van der Waals surface area contributed by atoms with E-state index in [4.69, 9.17) is 20.8 Å². The third-order valence-corrected chi connectivity index (χ3v) is 4.19. The number of carbonyl (C=O) groups excluding carboxylic acids is 1. The van der Waals surface area contributed by atoms with Crippen molar-refractivity contribution in [3.63, 3.8) is 0 Å². The molecule has 3 rings (SSSR count). The Hall–Kier alpha value is -1.78. The molecule has 1 aliphatic heterocycles. The first-order valence-corrected chi connectivity index (χ1v) is 8.27. The number of carbonyl (C=O) groups is 1. The molecule has 1 aliphatic rings. The number of hydrogen-bond donors (Lipinski definition) is 1. The van der Waals surface area contributed by atoms with Crippen LogP contribution in [0.5, 0.6) is 0 Å². The minimum Gasteiger partial charge on any atom is -0.459 e. The van der Waals surface area contributed by atoms with Crippen molar-refractivity contribution in [2.45, 2.75) is 25.8 Å². The average Bonchev–Trinajstić information content (AvgIpc) is 3.03. The fourth-order valence-corrected chi connectivity index (χ4v) is 2.95. The molecule has 1 atom stereocenters. The monoisotopic (exact) mass is 333 g/mol. The molecule has 1 aromatic heterocycles. The van der Waals surface area contributed by atoms with Crippen LogP contribution in [0.2, 0.25) is 5.02 Å². The van der Waals surface area contributed by atoms with Crippen LogP contribution in [-0.2, 0) is 16.1 Å². The molecule has 2 aromatic rings. The molecule has 4 nitrogen and oxygen atoms in total. The largest absolute Gasteiger partial charge is 0.459 e. The number of amides is 1. The quantitative estimate of drug-likeness (QED) is 0.898. The summed E-state index contributed by atoms with van der Waals surface area (Å²) in [6.45, 7) is 1.90. The van der Waals surface area contributed by atoms with Crippen LogP contribution >= 0.6 is 11.6 Å². The summed E-state index contributed by atoms with van der Waals surface area (Å²) in [7, 11) is 0. The van der Waals surface area contributed by atoms with E-state index in [9.17, 15) is 4.79 Å². The van der Waals surface area contributed by atoms with Gasteiger partial charge in [0, 0.05) is 30.2 Å². The molecule has 1 N–H and O–H groups in total. The first kappa shape index (κ1) is 16.1. The van der Waals surface area contributed by atoms with Gasteiger partial charge in [0.1, 0.15) is 11.5 Å². The molecule has 0 aliphatic carbocycles. The van der Waals surface area contributed by atoms with Crippen molar-refractivity contribution in [1.82, 2.24) is 5.32 Å². The van der Waals surface area contributed by atoms with E-state index >= 15 is 0 Å². The molecule has 23 heavy (non-hydrogen) atoms. The third kappa shape index (κ3) is 4.60. The Kier molecular flexibility index (Phi) is 5.36. The van der Waals surface area contributed by atoms with Gasteiger partial charge in [-0.2, -0.15) is 0 Å². The molecular formula is C18H20ClNO3. The van der Waals surface area contributed by atoms with Gasteiger partial charge in [0.15, 0.2) is 0 Å². The van der Waals surface area contributed by atoms with Crippen LogP contribution in [0.15, 0.2) is 40.8 Å². The number of rotatable bonds is 5. The summed E-state index contributed by atoms with van der Waals surface area (Å²) in [4.78, 5) is 12.0. The van der Waals surface area contributed by atoms with Gasteiger partial charge < -0.3 is 14.5 Å². The lowest BCUT2D eigenvalue weighted by atomic mass is 9.98. The number of furan rings is 1. The summed E-state index contributed by atoms with van der Waals surface area (Å²) in [5, 5.41) is 3.58. The van der Waals surface area contributed by atoms with Gasteiger partial charge in [-0.1, -0.05) is 23.7 Å². The zero-order valence-corrected chi connectivity index (χ0v) is 13.6. The lowest BCUT2D eigenvalue weighted by molar-refractivity contribution is -0.123. The van der Waals surface area contributed by atoms with E-state index in [1.807, 2.05) is 36.4 Å². The first-order chi connectivity index (χ1) is 11.2. The molecule has 1 amide bonds. The molecule has 1 fully saturated rings. The fraction of sp³-hybridized carbons (Fsp3) is 0.389. The maximum Gasteiger partial charge on any atom is 0.220 e. The summed E-state index contributed by atoms with van der Waals surface area (Å²) < 4.78 is 11.2. The number of nitrogens with one attached hydrogen (secondary N) is 1. The van der Waals surface area contributed by atoms with Crippen LogP contribution in [0, 0.1) is 5.92 Å². The van der Waals surface area contributed by atoms with E-state index in [1.54, 1.807) is 0 Å². The predicted octanol–water partition coefficient (Wildman–Crippen LogP) is 4.03. The van der Waals surface area contributed by atoms with Gasteiger partial charge in [-0.05, 0) is 43.0 Å². The van der Waals surface area contributed by atoms with Crippen LogP contribution in [0.4, 0.5) is 0 Å². The smallest absolute Gasteiger partial charge is 0.220 e. The Morgan fingerprint density at radius 2 is 2.22 bits per heavy atom. The summed E-state index contributed by atoms with van der Waals surface area (Å²) >= 11 is 5.99. The lowest BCUT2D eigenvalue weighted by Gasteiger charge is -2.21. The standard InChI is InChI=1S/C18H20ClNO3/c19-15-5-1-4-14(10-15)17-7-6-16(23-17)11-20-18(21)9-13-3-2-8-22-12-13/h1,4-7,10,13H,2-3,8-9,11-12H2,(H,20,21)/t13-/m1/s1. The third-order valence-electron chi connectivity index (χ3n) is 3.96. The summed E-state index contributed by atoms with van der Waals surface area (Å²) in [6, 6.07) is 11.3. The zero-order valence-electron chi connectivity index (χ0n) is 12.9. The molecule has 1 saturated heterocycles. The average molecular weight is 334 g/mol. The second-order valence-corrected chi connectivity index (χ2v) is 6.28. The van der Waals surface area contributed by atoms with Crippen LogP contribution in [0.3, 0.4) is 0 Å². The molecular weight excluding hydrogens is 314 g/mol. The van der Waals surface area contributed by atoms with Crippen molar-refractivity contribution in [3.8, 4) is 11.3 Å². The van der Waals surface area contributed by atoms with Crippen LogP contribution in [0.25, 0.3) is 11.3 Å².